The van der Waals surface area contributed by atoms with Gasteiger partial charge in [0.05, 0.1) is 4.92 Å². The first-order valence-corrected chi connectivity index (χ1v) is 5.47. The summed E-state index contributed by atoms with van der Waals surface area (Å²) in [5, 5.41) is 10.4. The van der Waals surface area contributed by atoms with Crippen LogP contribution in [0.4, 0.5) is 5.69 Å². The Kier molecular flexibility index (Phi) is 7.50. The standard InChI is InChI=1S/C12H18N2O2.ClH/c1-13(2)10-4-3-5-11-6-8-12(9-7-11)14(15)16;/h6-9H,3-5,10H2,1-2H3;1H. The van der Waals surface area contributed by atoms with Crippen LogP contribution in [0.3, 0.4) is 0 Å². The second-order valence-corrected chi connectivity index (χ2v) is 4.18. The van der Waals surface area contributed by atoms with Crippen molar-refractivity contribution in [2.45, 2.75) is 19.3 Å². The molecule has 0 radical (unpaired) electrons. The Hall–Kier alpha value is -1.13. The molecule has 0 atom stereocenters. The van der Waals surface area contributed by atoms with Crippen LogP contribution in [0.5, 0.6) is 0 Å². The topological polar surface area (TPSA) is 46.4 Å². The Balaban J connectivity index is 0.00000256. The minimum Gasteiger partial charge on any atom is -0.309 e. The fourth-order valence-electron chi connectivity index (χ4n) is 1.54. The molecule has 4 nitrogen and oxygen atoms in total. The lowest BCUT2D eigenvalue weighted by Crippen LogP contribution is -2.12. The maximum Gasteiger partial charge on any atom is 0.269 e. The maximum atomic E-state index is 10.4. The third-order valence-electron chi connectivity index (χ3n) is 2.47. The summed E-state index contributed by atoms with van der Waals surface area (Å²) < 4.78 is 0. The van der Waals surface area contributed by atoms with Crippen LogP contribution < -0.4 is 0 Å². The van der Waals surface area contributed by atoms with Crippen molar-refractivity contribution in [3.63, 3.8) is 0 Å². The molecule has 0 aliphatic rings. The molecule has 0 saturated carbocycles. The molecule has 1 aromatic carbocycles. The lowest BCUT2D eigenvalue weighted by atomic mass is 10.1. The Morgan fingerprint density at radius 2 is 1.76 bits per heavy atom. The van der Waals surface area contributed by atoms with Crippen molar-refractivity contribution in [3.05, 3.63) is 39.9 Å². The molecule has 0 N–H and O–H groups in total. The SMILES string of the molecule is CN(C)CCCCc1ccc([N+](=O)[O-])cc1.Cl. The maximum absolute atomic E-state index is 10.4. The van der Waals surface area contributed by atoms with E-state index in [1.54, 1.807) is 12.1 Å². The van der Waals surface area contributed by atoms with E-state index in [2.05, 4.69) is 19.0 Å². The summed E-state index contributed by atoms with van der Waals surface area (Å²) in [5.74, 6) is 0. The molecule has 0 unspecified atom stereocenters. The summed E-state index contributed by atoms with van der Waals surface area (Å²) in [6, 6.07) is 6.82. The van der Waals surface area contributed by atoms with Crippen LogP contribution in [-0.4, -0.2) is 30.5 Å². The normalized spacial score (nSPS) is 10.1. The number of halogens is 1. The van der Waals surface area contributed by atoms with E-state index in [0.717, 1.165) is 25.8 Å². The summed E-state index contributed by atoms with van der Waals surface area (Å²) in [5.41, 5.74) is 1.33. The highest BCUT2D eigenvalue weighted by molar-refractivity contribution is 5.85. The Morgan fingerprint density at radius 3 is 2.24 bits per heavy atom. The second kappa shape index (κ2) is 8.03. The lowest BCUT2D eigenvalue weighted by Gasteiger charge is -2.08. The van der Waals surface area contributed by atoms with Gasteiger partial charge in [0, 0.05) is 12.1 Å². The number of hydrogen-bond acceptors (Lipinski definition) is 3. The van der Waals surface area contributed by atoms with Crippen LogP contribution in [0.1, 0.15) is 18.4 Å². The zero-order valence-corrected chi connectivity index (χ0v) is 11.1. The van der Waals surface area contributed by atoms with Gasteiger partial charge in [0.1, 0.15) is 0 Å². The average Bonchev–Trinajstić information content (AvgIpc) is 2.25. The van der Waals surface area contributed by atoms with Crippen molar-refractivity contribution in [2.24, 2.45) is 0 Å². The first-order chi connectivity index (χ1) is 7.59. The molecule has 0 aromatic heterocycles. The highest BCUT2D eigenvalue weighted by atomic mass is 35.5. The molecule has 0 aliphatic carbocycles. The van der Waals surface area contributed by atoms with Gasteiger partial charge in [-0.15, -0.1) is 12.4 Å². The van der Waals surface area contributed by atoms with E-state index in [4.69, 9.17) is 0 Å². The predicted octanol–water partition coefficient (Wildman–Crippen LogP) is 2.90. The van der Waals surface area contributed by atoms with E-state index in [1.807, 2.05) is 12.1 Å². The Bertz CT molecular complexity index is 339. The third kappa shape index (κ3) is 6.24. The Morgan fingerprint density at radius 1 is 1.18 bits per heavy atom. The van der Waals surface area contributed by atoms with Gasteiger partial charge in [-0.3, -0.25) is 10.1 Å². The van der Waals surface area contributed by atoms with E-state index < -0.39 is 0 Å². The molecule has 0 spiro atoms. The summed E-state index contributed by atoms with van der Waals surface area (Å²) in [7, 11) is 4.12. The van der Waals surface area contributed by atoms with Crippen LogP contribution in [-0.2, 0) is 6.42 Å². The fraction of sp³-hybridized carbons (Fsp3) is 0.500. The van der Waals surface area contributed by atoms with Gasteiger partial charge in [-0.1, -0.05) is 12.1 Å². The van der Waals surface area contributed by atoms with Crippen LogP contribution in [0.25, 0.3) is 0 Å². The number of nitro groups is 1. The second-order valence-electron chi connectivity index (χ2n) is 4.18. The molecule has 1 rings (SSSR count). The fourth-order valence-corrected chi connectivity index (χ4v) is 1.54. The number of non-ortho nitro benzene ring substituents is 1. The van der Waals surface area contributed by atoms with E-state index >= 15 is 0 Å². The molecule has 0 saturated heterocycles. The zero-order valence-electron chi connectivity index (χ0n) is 10.3. The number of benzene rings is 1. The Labute approximate surface area is 108 Å². The quantitative estimate of drug-likeness (QED) is 0.448. The summed E-state index contributed by atoms with van der Waals surface area (Å²) >= 11 is 0. The van der Waals surface area contributed by atoms with E-state index in [9.17, 15) is 10.1 Å². The smallest absolute Gasteiger partial charge is 0.269 e. The van der Waals surface area contributed by atoms with Gasteiger partial charge in [0.2, 0.25) is 0 Å². The van der Waals surface area contributed by atoms with E-state index in [-0.39, 0.29) is 23.0 Å². The van der Waals surface area contributed by atoms with Gasteiger partial charge in [-0.2, -0.15) is 0 Å². The molecular formula is C12H19ClN2O2. The third-order valence-corrected chi connectivity index (χ3v) is 2.47. The molecule has 0 aliphatic heterocycles. The highest BCUT2D eigenvalue weighted by Gasteiger charge is 2.03. The van der Waals surface area contributed by atoms with Crippen molar-refractivity contribution >= 4 is 18.1 Å². The number of unbranched alkanes of at least 4 members (excludes halogenated alkanes) is 1. The lowest BCUT2D eigenvalue weighted by molar-refractivity contribution is -0.384. The molecule has 0 amide bonds. The van der Waals surface area contributed by atoms with Crippen LogP contribution >= 0.6 is 12.4 Å². The largest absolute Gasteiger partial charge is 0.309 e. The summed E-state index contributed by atoms with van der Waals surface area (Å²) in [6.07, 6.45) is 3.27. The van der Waals surface area contributed by atoms with Gasteiger partial charge >= 0.3 is 0 Å². The van der Waals surface area contributed by atoms with Gasteiger partial charge in [0.25, 0.3) is 5.69 Å². The molecular weight excluding hydrogens is 240 g/mol. The van der Waals surface area contributed by atoms with Gasteiger partial charge in [-0.05, 0) is 45.5 Å². The van der Waals surface area contributed by atoms with Crippen LogP contribution in [0, 0.1) is 10.1 Å². The molecule has 0 fully saturated rings. The first kappa shape index (κ1) is 15.9. The molecule has 0 heterocycles. The molecule has 96 valence electrons. The predicted molar refractivity (Wildman–Crippen MR) is 71.8 cm³/mol. The van der Waals surface area contributed by atoms with Gasteiger partial charge in [0.15, 0.2) is 0 Å². The van der Waals surface area contributed by atoms with Crippen LogP contribution in [0.15, 0.2) is 24.3 Å². The first-order valence-electron chi connectivity index (χ1n) is 5.47. The number of rotatable bonds is 6. The number of aryl methyl sites for hydroxylation is 1. The summed E-state index contributed by atoms with van der Waals surface area (Å²) in [6.45, 7) is 1.09. The highest BCUT2D eigenvalue weighted by Crippen LogP contribution is 2.13. The number of hydrogen-bond donors (Lipinski definition) is 0. The summed E-state index contributed by atoms with van der Waals surface area (Å²) in [4.78, 5) is 12.2. The minimum atomic E-state index is -0.365. The van der Waals surface area contributed by atoms with Gasteiger partial charge in [-0.25, -0.2) is 0 Å². The van der Waals surface area contributed by atoms with Crippen molar-refractivity contribution in [1.82, 2.24) is 4.90 Å². The average molecular weight is 259 g/mol. The van der Waals surface area contributed by atoms with Crippen molar-refractivity contribution in [2.75, 3.05) is 20.6 Å². The van der Waals surface area contributed by atoms with Crippen molar-refractivity contribution < 1.29 is 4.92 Å². The van der Waals surface area contributed by atoms with Gasteiger partial charge < -0.3 is 4.90 Å². The molecule has 0 bridgehead atoms. The zero-order chi connectivity index (χ0) is 12.0. The number of nitrogens with zero attached hydrogens (tertiary/aromatic N) is 2. The van der Waals surface area contributed by atoms with Crippen molar-refractivity contribution in [1.29, 1.82) is 0 Å². The monoisotopic (exact) mass is 258 g/mol. The minimum absolute atomic E-state index is 0. The molecule has 17 heavy (non-hydrogen) atoms. The van der Waals surface area contributed by atoms with Crippen molar-refractivity contribution in [3.8, 4) is 0 Å². The molecule has 5 heteroatoms. The number of nitro benzene ring substituents is 1. The van der Waals surface area contributed by atoms with E-state index in [1.165, 1.54) is 5.56 Å². The van der Waals surface area contributed by atoms with Crippen LogP contribution in [0.2, 0.25) is 0 Å². The van der Waals surface area contributed by atoms with E-state index in [0.29, 0.717) is 0 Å². The molecule has 1 aromatic rings.